The number of carbonyl (C=O) groups excluding carboxylic acids is 3. The van der Waals surface area contributed by atoms with E-state index < -0.39 is 47.7 Å². The smallest absolute Gasteiger partial charge is 0.305 e. The first-order valence-corrected chi connectivity index (χ1v) is 11.6. The summed E-state index contributed by atoms with van der Waals surface area (Å²) in [6, 6.07) is -2.15. The van der Waals surface area contributed by atoms with Crippen LogP contribution in [0, 0.1) is 26.7 Å². The van der Waals surface area contributed by atoms with Gasteiger partial charge in [-0.25, -0.2) is 0 Å². The number of Topliss-reactive ketones (excluding diaryl/α,β-unsaturated/α-hetero) is 1. The van der Waals surface area contributed by atoms with E-state index in [1.165, 1.54) is 0 Å². The van der Waals surface area contributed by atoms with Crippen LogP contribution in [0.1, 0.15) is 69.2 Å². The lowest BCUT2D eigenvalue weighted by Crippen LogP contribution is -2.59. The van der Waals surface area contributed by atoms with E-state index in [1.807, 2.05) is 13.8 Å². The highest BCUT2D eigenvalue weighted by Gasteiger charge is 2.43. The summed E-state index contributed by atoms with van der Waals surface area (Å²) >= 11 is 0. The Balaban J connectivity index is 2.25. The van der Waals surface area contributed by atoms with Gasteiger partial charge in [-0.1, -0.05) is 20.8 Å². The number of ketones is 1. The van der Waals surface area contributed by atoms with Gasteiger partial charge < -0.3 is 25.6 Å². The Labute approximate surface area is 200 Å². The van der Waals surface area contributed by atoms with Gasteiger partial charge in [-0.3, -0.25) is 19.2 Å². The second kappa shape index (κ2) is 10.4. The summed E-state index contributed by atoms with van der Waals surface area (Å²) in [6.07, 6.45) is 0.413. The first-order valence-electron chi connectivity index (χ1n) is 11.6. The lowest BCUT2D eigenvalue weighted by atomic mass is 9.86. The van der Waals surface area contributed by atoms with Crippen molar-refractivity contribution in [3.05, 3.63) is 22.3 Å². The summed E-state index contributed by atoms with van der Waals surface area (Å²) in [6.45, 7) is 12.2. The Bertz CT molecular complexity index is 1000. The number of phenolic OH excluding ortho intramolecular Hbond substituents is 1. The van der Waals surface area contributed by atoms with Crippen molar-refractivity contribution in [2.45, 2.75) is 91.8 Å². The molecule has 1 heterocycles. The summed E-state index contributed by atoms with van der Waals surface area (Å²) in [5, 5.41) is 24.7. The van der Waals surface area contributed by atoms with E-state index >= 15 is 0 Å². The average molecular weight is 477 g/mol. The van der Waals surface area contributed by atoms with Gasteiger partial charge in [-0.15, -0.1) is 0 Å². The second-order valence-corrected chi connectivity index (χ2v) is 9.54. The van der Waals surface area contributed by atoms with E-state index in [0.29, 0.717) is 24.2 Å². The molecule has 0 aromatic heterocycles. The summed E-state index contributed by atoms with van der Waals surface area (Å²) in [7, 11) is 0. The molecule has 1 aliphatic rings. The third-order valence-corrected chi connectivity index (χ3v) is 6.67. The van der Waals surface area contributed by atoms with Gasteiger partial charge in [0.25, 0.3) is 5.91 Å². The van der Waals surface area contributed by atoms with Gasteiger partial charge in [0, 0.05) is 18.4 Å². The van der Waals surface area contributed by atoms with Gasteiger partial charge >= 0.3 is 5.97 Å². The average Bonchev–Trinajstić information content (AvgIpc) is 2.77. The quantitative estimate of drug-likeness (QED) is 0.429. The fourth-order valence-electron chi connectivity index (χ4n) is 4.16. The number of benzene rings is 1. The summed E-state index contributed by atoms with van der Waals surface area (Å²) in [5.41, 5.74) is 1.78. The molecule has 34 heavy (non-hydrogen) atoms. The molecular formula is C25H36N2O7. The van der Waals surface area contributed by atoms with E-state index in [9.17, 15) is 24.3 Å². The number of carbonyl (C=O) groups is 4. The summed E-state index contributed by atoms with van der Waals surface area (Å²) in [5.74, 6) is -2.23. The standard InChI is InChI=1S/C25H36N2O7/c1-8-18(28)17(11-19(29)30)26-23(32)20(12(2)3)27-24(33)25(7)10-9-16-15(6)21(31)13(4)14(5)22(16)34-25/h12,17,20,31H,8-11H2,1-7H3,(H,26,32)(H,27,33)(H,29,30). The molecule has 0 aliphatic carbocycles. The van der Waals surface area contributed by atoms with Crippen LogP contribution in [0.2, 0.25) is 0 Å². The molecule has 3 atom stereocenters. The summed E-state index contributed by atoms with van der Waals surface area (Å²) < 4.78 is 6.19. The normalized spacial score (nSPS) is 18.9. The fourth-order valence-corrected chi connectivity index (χ4v) is 4.16. The molecule has 0 bridgehead atoms. The van der Waals surface area contributed by atoms with E-state index in [2.05, 4.69) is 10.6 Å². The largest absolute Gasteiger partial charge is 0.507 e. The third-order valence-electron chi connectivity index (χ3n) is 6.67. The zero-order valence-electron chi connectivity index (χ0n) is 21.0. The zero-order valence-corrected chi connectivity index (χ0v) is 21.0. The van der Waals surface area contributed by atoms with Crippen LogP contribution >= 0.6 is 0 Å². The van der Waals surface area contributed by atoms with Crippen molar-refractivity contribution < 1.29 is 34.1 Å². The molecule has 188 valence electrons. The summed E-state index contributed by atoms with van der Waals surface area (Å²) in [4.78, 5) is 49.5. The molecule has 0 saturated carbocycles. The number of fused-ring (bicyclic) bond motifs is 1. The predicted molar refractivity (Wildman–Crippen MR) is 126 cm³/mol. The van der Waals surface area contributed by atoms with Gasteiger partial charge in [-0.2, -0.15) is 0 Å². The minimum Gasteiger partial charge on any atom is -0.507 e. The number of ether oxygens (including phenoxy) is 1. The van der Waals surface area contributed by atoms with Crippen molar-refractivity contribution in [1.82, 2.24) is 10.6 Å². The maximum absolute atomic E-state index is 13.3. The van der Waals surface area contributed by atoms with Crippen molar-refractivity contribution >= 4 is 23.6 Å². The topological polar surface area (TPSA) is 142 Å². The molecule has 9 nitrogen and oxygen atoms in total. The first kappa shape index (κ1) is 27.1. The van der Waals surface area contributed by atoms with Gasteiger partial charge in [0.1, 0.15) is 17.5 Å². The van der Waals surface area contributed by atoms with Crippen LogP contribution in [-0.4, -0.2) is 51.5 Å². The molecule has 0 fully saturated rings. The Morgan fingerprint density at radius 1 is 1.06 bits per heavy atom. The van der Waals surface area contributed by atoms with Crippen LogP contribution in [0.5, 0.6) is 11.5 Å². The van der Waals surface area contributed by atoms with Gasteiger partial charge in [-0.05, 0) is 56.7 Å². The van der Waals surface area contributed by atoms with Crippen molar-refractivity contribution in [3.63, 3.8) is 0 Å². The molecule has 3 unspecified atom stereocenters. The van der Waals surface area contributed by atoms with Crippen molar-refractivity contribution in [2.75, 3.05) is 0 Å². The number of phenols is 1. The number of hydrogen-bond acceptors (Lipinski definition) is 6. The number of carboxylic acid groups (broad SMARTS) is 1. The van der Waals surface area contributed by atoms with E-state index in [0.717, 1.165) is 16.7 Å². The number of amides is 2. The van der Waals surface area contributed by atoms with Gasteiger partial charge in [0.2, 0.25) is 5.91 Å². The minimum absolute atomic E-state index is 0.0794. The van der Waals surface area contributed by atoms with Crippen molar-refractivity contribution in [2.24, 2.45) is 5.92 Å². The lowest BCUT2D eigenvalue weighted by Gasteiger charge is -2.38. The molecular weight excluding hydrogens is 440 g/mol. The molecule has 2 rings (SSSR count). The molecule has 1 aromatic rings. The van der Waals surface area contributed by atoms with Crippen LogP contribution in [0.4, 0.5) is 0 Å². The molecule has 9 heteroatoms. The van der Waals surface area contributed by atoms with Crippen LogP contribution in [-0.2, 0) is 25.6 Å². The number of carboxylic acids is 1. The highest BCUT2D eigenvalue weighted by molar-refractivity contribution is 5.96. The fraction of sp³-hybridized carbons (Fsp3) is 0.600. The molecule has 0 saturated heterocycles. The highest BCUT2D eigenvalue weighted by atomic mass is 16.5. The number of rotatable bonds is 9. The Morgan fingerprint density at radius 2 is 1.68 bits per heavy atom. The third kappa shape index (κ3) is 5.51. The number of nitrogens with one attached hydrogen (secondary N) is 2. The Morgan fingerprint density at radius 3 is 2.21 bits per heavy atom. The zero-order chi connectivity index (χ0) is 26.0. The molecule has 4 N–H and O–H groups in total. The number of aliphatic carboxylic acids is 1. The van der Waals surface area contributed by atoms with Crippen LogP contribution in [0.3, 0.4) is 0 Å². The van der Waals surface area contributed by atoms with E-state index in [4.69, 9.17) is 9.84 Å². The van der Waals surface area contributed by atoms with Crippen molar-refractivity contribution in [1.29, 1.82) is 0 Å². The van der Waals surface area contributed by atoms with Crippen LogP contribution in [0.15, 0.2) is 0 Å². The lowest BCUT2D eigenvalue weighted by molar-refractivity contribution is -0.142. The van der Waals surface area contributed by atoms with Crippen LogP contribution in [0.25, 0.3) is 0 Å². The van der Waals surface area contributed by atoms with Crippen LogP contribution < -0.4 is 15.4 Å². The number of hydrogen-bond donors (Lipinski definition) is 4. The Hall–Kier alpha value is -3.10. The van der Waals surface area contributed by atoms with Crippen molar-refractivity contribution in [3.8, 4) is 11.5 Å². The predicted octanol–water partition coefficient (Wildman–Crippen LogP) is 2.48. The maximum Gasteiger partial charge on any atom is 0.305 e. The molecule has 0 radical (unpaired) electrons. The maximum atomic E-state index is 13.3. The molecule has 2 amide bonds. The minimum atomic E-state index is -1.25. The monoisotopic (exact) mass is 476 g/mol. The van der Waals surface area contributed by atoms with E-state index in [1.54, 1.807) is 34.6 Å². The number of aromatic hydroxyl groups is 1. The molecule has 0 spiro atoms. The first-order chi connectivity index (χ1) is 15.7. The van der Waals surface area contributed by atoms with E-state index in [-0.39, 0.29) is 18.1 Å². The molecule has 1 aromatic carbocycles. The highest BCUT2D eigenvalue weighted by Crippen LogP contribution is 2.43. The Kier molecular flexibility index (Phi) is 8.34. The molecule has 1 aliphatic heterocycles. The van der Waals surface area contributed by atoms with Gasteiger partial charge in [0.15, 0.2) is 11.4 Å². The second-order valence-electron chi connectivity index (χ2n) is 9.54. The SMILES string of the molecule is CCC(=O)C(CC(=O)O)NC(=O)C(NC(=O)C1(C)CCc2c(C)c(O)c(C)c(C)c2O1)C(C)C. The van der Waals surface area contributed by atoms with Gasteiger partial charge in [0.05, 0.1) is 12.5 Å².